The van der Waals surface area contributed by atoms with Crippen molar-refractivity contribution in [3.63, 3.8) is 0 Å². The first-order valence-electron chi connectivity index (χ1n) is 8.69. The van der Waals surface area contributed by atoms with Crippen LogP contribution >= 0.6 is 11.3 Å². The summed E-state index contributed by atoms with van der Waals surface area (Å²) < 4.78 is 0. The Morgan fingerprint density at radius 1 is 1.38 bits per heavy atom. The molecule has 0 atom stereocenters. The van der Waals surface area contributed by atoms with Crippen molar-refractivity contribution in [1.29, 1.82) is 0 Å². The summed E-state index contributed by atoms with van der Waals surface area (Å²) in [5.41, 5.74) is 0.798. The number of aryl methyl sites for hydroxylation is 2. The summed E-state index contributed by atoms with van der Waals surface area (Å²) in [5.74, 6) is -0.138. The highest BCUT2D eigenvalue weighted by atomic mass is 32.1. The van der Waals surface area contributed by atoms with Gasteiger partial charge in [0.05, 0.1) is 17.2 Å². The fraction of sp³-hybridized carbons (Fsp3) is 0.706. The van der Waals surface area contributed by atoms with Gasteiger partial charge in [0.2, 0.25) is 0 Å². The molecule has 1 amide bonds. The van der Waals surface area contributed by atoms with E-state index in [1.54, 1.807) is 0 Å². The third-order valence-corrected chi connectivity index (χ3v) is 6.14. The normalized spacial score (nSPS) is 23.1. The van der Waals surface area contributed by atoms with Gasteiger partial charge < -0.3 is 10.4 Å². The maximum atomic E-state index is 12.4. The Hall–Kier alpha value is -1.47. The van der Waals surface area contributed by atoms with E-state index in [1.807, 2.05) is 13.8 Å². The number of carbonyl (C=O) groups is 2. The Morgan fingerprint density at radius 3 is 2.62 bits per heavy atom. The van der Waals surface area contributed by atoms with Crippen molar-refractivity contribution in [2.24, 2.45) is 5.92 Å². The van der Waals surface area contributed by atoms with E-state index in [1.165, 1.54) is 24.2 Å². The molecular formula is C17H25N3O3S. The van der Waals surface area contributed by atoms with Crippen molar-refractivity contribution in [3.05, 3.63) is 15.6 Å². The number of rotatable bonds is 8. The molecule has 24 heavy (non-hydrogen) atoms. The smallest absolute Gasteiger partial charge is 0.317 e. The van der Waals surface area contributed by atoms with Crippen LogP contribution in [0.25, 0.3) is 0 Å². The van der Waals surface area contributed by atoms with Gasteiger partial charge in [0.25, 0.3) is 5.91 Å². The van der Waals surface area contributed by atoms with E-state index in [9.17, 15) is 9.59 Å². The average molecular weight is 351 g/mol. The second-order valence-electron chi connectivity index (χ2n) is 6.94. The van der Waals surface area contributed by atoms with Gasteiger partial charge in [0, 0.05) is 18.6 Å². The quantitative estimate of drug-likeness (QED) is 0.749. The number of aliphatic carboxylic acids is 1. The topological polar surface area (TPSA) is 82.5 Å². The van der Waals surface area contributed by atoms with Gasteiger partial charge in [-0.2, -0.15) is 0 Å². The molecule has 2 aliphatic rings. The van der Waals surface area contributed by atoms with Crippen molar-refractivity contribution < 1.29 is 14.7 Å². The molecular weight excluding hydrogens is 326 g/mol. The summed E-state index contributed by atoms with van der Waals surface area (Å²) in [6.07, 6.45) is 4.95. The van der Waals surface area contributed by atoms with Crippen LogP contribution in [0, 0.1) is 12.8 Å². The molecule has 0 bridgehead atoms. The van der Waals surface area contributed by atoms with Gasteiger partial charge in [-0.3, -0.25) is 14.5 Å². The van der Waals surface area contributed by atoms with Crippen LogP contribution in [0.5, 0.6) is 0 Å². The fourth-order valence-electron chi connectivity index (χ4n) is 3.22. The van der Waals surface area contributed by atoms with Crippen LogP contribution in [0.1, 0.15) is 53.0 Å². The van der Waals surface area contributed by atoms with Gasteiger partial charge in [-0.05, 0) is 44.9 Å². The molecule has 1 heterocycles. The third-order valence-electron chi connectivity index (χ3n) is 4.84. The van der Waals surface area contributed by atoms with Crippen molar-refractivity contribution in [2.45, 2.75) is 58.0 Å². The standard InChI is InChI=1S/C17H25N3O3S/c1-3-14-18-10(2)16(24-14)17(23)19-12-6-13(7-12)20(9-15(21)22)8-11-4-5-11/h11-13H,3-9H2,1-2H3,(H,19,23)(H,21,22). The average Bonchev–Trinajstić information content (AvgIpc) is 3.21. The van der Waals surface area contributed by atoms with E-state index in [4.69, 9.17) is 5.11 Å². The SMILES string of the molecule is CCc1nc(C)c(C(=O)NC2CC(N(CC(=O)O)CC3CC3)C2)s1. The maximum Gasteiger partial charge on any atom is 0.317 e. The molecule has 7 heteroatoms. The number of carbonyl (C=O) groups excluding carboxylic acids is 1. The van der Waals surface area contributed by atoms with Gasteiger partial charge in [0.1, 0.15) is 4.88 Å². The number of carboxylic acids is 1. The van der Waals surface area contributed by atoms with Gasteiger partial charge >= 0.3 is 5.97 Å². The monoisotopic (exact) mass is 351 g/mol. The molecule has 0 saturated heterocycles. The number of nitrogens with one attached hydrogen (secondary N) is 1. The van der Waals surface area contributed by atoms with E-state index >= 15 is 0 Å². The van der Waals surface area contributed by atoms with E-state index in [2.05, 4.69) is 15.2 Å². The van der Waals surface area contributed by atoms with E-state index in [-0.39, 0.29) is 24.5 Å². The minimum atomic E-state index is -0.768. The predicted octanol–water partition coefficient (Wildman–Crippen LogP) is 2.07. The van der Waals surface area contributed by atoms with Crippen LogP contribution in [0.2, 0.25) is 0 Å². The van der Waals surface area contributed by atoms with Gasteiger partial charge in [-0.1, -0.05) is 6.92 Å². The Balaban J connectivity index is 1.50. The van der Waals surface area contributed by atoms with Crippen LogP contribution in [-0.4, -0.2) is 52.0 Å². The first-order chi connectivity index (χ1) is 11.5. The molecule has 0 radical (unpaired) electrons. The highest BCUT2D eigenvalue weighted by Crippen LogP contribution is 2.34. The molecule has 0 aliphatic heterocycles. The Labute approximate surface area is 146 Å². The lowest BCUT2D eigenvalue weighted by atomic mass is 9.85. The molecule has 2 N–H and O–H groups in total. The van der Waals surface area contributed by atoms with Crippen molar-refractivity contribution >= 4 is 23.2 Å². The van der Waals surface area contributed by atoms with E-state index in [0.29, 0.717) is 10.8 Å². The number of amides is 1. The highest BCUT2D eigenvalue weighted by Gasteiger charge is 2.38. The van der Waals surface area contributed by atoms with Gasteiger partial charge in [0.15, 0.2) is 0 Å². The maximum absolute atomic E-state index is 12.4. The fourth-order valence-corrected chi connectivity index (χ4v) is 4.12. The summed E-state index contributed by atoms with van der Waals surface area (Å²) in [5, 5.41) is 13.1. The molecule has 6 nitrogen and oxygen atoms in total. The van der Waals surface area contributed by atoms with Crippen molar-refractivity contribution in [3.8, 4) is 0 Å². The lowest BCUT2D eigenvalue weighted by Crippen LogP contribution is -2.55. The van der Waals surface area contributed by atoms with Gasteiger partial charge in [-0.15, -0.1) is 11.3 Å². The zero-order chi connectivity index (χ0) is 17.3. The van der Waals surface area contributed by atoms with Crippen LogP contribution in [0.3, 0.4) is 0 Å². The van der Waals surface area contributed by atoms with Crippen LogP contribution in [0.15, 0.2) is 0 Å². The molecule has 2 fully saturated rings. The van der Waals surface area contributed by atoms with Crippen LogP contribution in [0.4, 0.5) is 0 Å². The van der Waals surface area contributed by atoms with E-state index in [0.717, 1.165) is 36.5 Å². The molecule has 3 rings (SSSR count). The number of hydrogen-bond donors (Lipinski definition) is 2. The Morgan fingerprint density at radius 2 is 2.08 bits per heavy atom. The first kappa shape index (κ1) is 17.4. The summed E-state index contributed by atoms with van der Waals surface area (Å²) >= 11 is 1.47. The second-order valence-corrected chi connectivity index (χ2v) is 8.02. The molecule has 1 aromatic heterocycles. The number of thiazole rings is 1. The Kier molecular flexibility index (Phi) is 5.20. The van der Waals surface area contributed by atoms with E-state index < -0.39 is 5.97 Å². The second kappa shape index (κ2) is 7.19. The molecule has 2 saturated carbocycles. The molecule has 0 unspecified atom stereocenters. The highest BCUT2D eigenvalue weighted by molar-refractivity contribution is 7.13. The minimum absolute atomic E-state index is 0.0415. The molecule has 132 valence electrons. The summed E-state index contributed by atoms with van der Waals surface area (Å²) in [6, 6.07) is 0.422. The van der Waals surface area contributed by atoms with Crippen molar-refractivity contribution in [2.75, 3.05) is 13.1 Å². The van der Waals surface area contributed by atoms with Crippen LogP contribution in [-0.2, 0) is 11.2 Å². The van der Waals surface area contributed by atoms with Crippen molar-refractivity contribution in [1.82, 2.24) is 15.2 Å². The first-order valence-corrected chi connectivity index (χ1v) is 9.51. The summed E-state index contributed by atoms with van der Waals surface area (Å²) in [6.45, 7) is 4.90. The number of hydrogen-bond acceptors (Lipinski definition) is 5. The molecule has 0 spiro atoms. The molecule has 2 aliphatic carbocycles. The lowest BCUT2D eigenvalue weighted by Gasteiger charge is -2.42. The van der Waals surface area contributed by atoms with Gasteiger partial charge in [-0.25, -0.2) is 4.98 Å². The summed E-state index contributed by atoms with van der Waals surface area (Å²) in [4.78, 5) is 30.6. The number of nitrogens with zero attached hydrogens (tertiary/aromatic N) is 2. The molecule has 0 aromatic carbocycles. The third kappa shape index (κ3) is 4.13. The zero-order valence-corrected chi connectivity index (χ0v) is 15.1. The van der Waals surface area contributed by atoms with Crippen LogP contribution < -0.4 is 5.32 Å². The molecule has 1 aromatic rings. The lowest BCUT2D eigenvalue weighted by molar-refractivity contribution is -0.139. The summed E-state index contributed by atoms with van der Waals surface area (Å²) in [7, 11) is 0. The Bertz CT molecular complexity index is 621. The minimum Gasteiger partial charge on any atom is -0.480 e. The number of aromatic nitrogens is 1. The largest absolute Gasteiger partial charge is 0.480 e. The number of carboxylic acid groups (broad SMARTS) is 1. The predicted molar refractivity (Wildman–Crippen MR) is 92.4 cm³/mol. The zero-order valence-electron chi connectivity index (χ0n) is 14.2.